The average molecular weight is 264 g/mol. The molecule has 1 unspecified atom stereocenters. The van der Waals surface area contributed by atoms with Crippen LogP contribution in [0.2, 0.25) is 0 Å². The van der Waals surface area contributed by atoms with Crippen LogP contribution in [0.15, 0.2) is 24.3 Å². The Hall–Kier alpha value is -2.04. The molecule has 0 spiro atoms. The molecular formula is C14H20N2O3. The van der Waals surface area contributed by atoms with Gasteiger partial charge in [-0.05, 0) is 38.1 Å². The molecule has 0 saturated heterocycles. The van der Waals surface area contributed by atoms with Crippen molar-refractivity contribution in [2.24, 2.45) is 0 Å². The normalized spacial score (nSPS) is 11.6. The lowest BCUT2D eigenvalue weighted by molar-refractivity contribution is -0.129. The van der Waals surface area contributed by atoms with E-state index in [4.69, 9.17) is 4.74 Å². The number of carbonyl (C=O) groups is 2. The van der Waals surface area contributed by atoms with Gasteiger partial charge in [0.2, 0.25) is 5.91 Å². The van der Waals surface area contributed by atoms with E-state index >= 15 is 0 Å². The molecular weight excluding hydrogens is 244 g/mol. The Bertz CT molecular complexity index is 441. The third-order valence-electron chi connectivity index (χ3n) is 2.59. The number of nitrogens with one attached hydrogen (secondary N) is 1. The van der Waals surface area contributed by atoms with Crippen molar-refractivity contribution in [2.45, 2.75) is 19.9 Å². The number of rotatable bonds is 5. The fourth-order valence-corrected chi connectivity index (χ4v) is 1.62. The molecule has 0 saturated carbocycles. The van der Waals surface area contributed by atoms with Crippen LogP contribution in [0.5, 0.6) is 0 Å². The molecule has 0 aliphatic carbocycles. The summed E-state index contributed by atoms with van der Waals surface area (Å²) in [7, 11) is 3.43. The summed E-state index contributed by atoms with van der Waals surface area (Å²) < 4.78 is 4.90. The smallest absolute Gasteiger partial charge is 0.338 e. The minimum atomic E-state index is -0.341. The van der Waals surface area contributed by atoms with Gasteiger partial charge in [0, 0.05) is 19.8 Å². The fraction of sp³-hybridized carbons (Fsp3) is 0.429. The lowest BCUT2D eigenvalue weighted by atomic mass is 10.2. The molecule has 5 heteroatoms. The van der Waals surface area contributed by atoms with Gasteiger partial charge in [-0.1, -0.05) is 0 Å². The van der Waals surface area contributed by atoms with Crippen LogP contribution in [-0.4, -0.2) is 43.5 Å². The Morgan fingerprint density at radius 1 is 1.26 bits per heavy atom. The molecule has 0 heterocycles. The standard InChI is InChI=1S/C14H20N2O3/c1-5-19-14(18)11-6-8-12(9-7-11)15-10(2)13(17)16(3)4/h6-10,15H,5H2,1-4H3. The number of nitrogens with zero attached hydrogens (tertiary/aromatic N) is 1. The molecule has 1 aromatic rings. The summed E-state index contributed by atoms with van der Waals surface area (Å²) in [4.78, 5) is 24.7. The Balaban J connectivity index is 2.67. The second-order valence-electron chi connectivity index (χ2n) is 4.40. The predicted octanol–water partition coefficient (Wildman–Crippen LogP) is 1.75. The van der Waals surface area contributed by atoms with Gasteiger partial charge in [-0.25, -0.2) is 4.79 Å². The summed E-state index contributed by atoms with van der Waals surface area (Å²) in [5.41, 5.74) is 1.29. The second kappa shape index (κ2) is 6.78. The van der Waals surface area contributed by atoms with Crippen molar-refractivity contribution in [1.82, 2.24) is 4.90 Å². The summed E-state index contributed by atoms with van der Waals surface area (Å²) >= 11 is 0. The minimum absolute atomic E-state index is 0.00512. The molecule has 19 heavy (non-hydrogen) atoms. The van der Waals surface area contributed by atoms with E-state index in [1.54, 1.807) is 52.2 Å². The van der Waals surface area contributed by atoms with Crippen molar-refractivity contribution in [3.05, 3.63) is 29.8 Å². The van der Waals surface area contributed by atoms with Crippen LogP contribution in [0.25, 0.3) is 0 Å². The molecule has 1 atom stereocenters. The molecule has 5 nitrogen and oxygen atoms in total. The quantitative estimate of drug-likeness (QED) is 0.823. The fourth-order valence-electron chi connectivity index (χ4n) is 1.62. The molecule has 1 rings (SSSR count). The van der Waals surface area contributed by atoms with Gasteiger partial charge in [0.25, 0.3) is 0 Å². The predicted molar refractivity (Wildman–Crippen MR) is 74.2 cm³/mol. The number of esters is 1. The molecule has 1 amide bonds. The Morgan fingerprint density at radius 2 is 1.84 bits per heavy atom. The topological polar surface area (TPSA) is 58.6 Å². The number of hydrogen-bond donors (Lipinski definition) is 1. The third kappa shape index (κ3) is 4.28. The number of ether oxygens (including phenoxy) is 1. The van der Waals surface area contributed by atoms with Gasteiger partial charge in [0.1, 0.15) is 6.04 Å². The van der Waals surface area contributed by atoms with Crippen LogP contribution in [0.3, 0.4) is 0 Å². The lowest BCUT2D eigenvalue weighted by Crippen LogP contribution is -2.36. The van der Waals surface area contributed by atoms with E-state index in [0.29, 0.717) is 12.2 Å². The summed E-state index contributed by atoms with van der Waals surface area (Å²) in [5, 5.41) is 3.08. The van der Waals surface area contributed by atoms with Crippen molar-refractivity contribution in [3.8, 4) is 0 Å². The third-order valence-corrected chi connectivity index (χ3v) is 2.59. The van der Waals surface area contributed by atoms with E-state index in [1.165, 1.54) is 4.90 Å². The van der Waals surface area contributed by atoms with E-state index in [1.807, 2.05) is 0 Å². The molecule has 0 bridgehead atoms. The summed E-state index contributed by atoms with van der Waals surface area (Å²) in [6.07, 6.45) is 0. The molecule has 0 aliphatic heterocycles. The Kier molecular flexibility index (Phi) is 5.36. The maximum Gasteiger partial charge on any atom is 0.338 e. The first-order chi connectivity index (χ1) is 8.95. The second-order valence-corrected chi connectivity index (χ2v) is 4.40. The van der Waals surface area contributed by atoms with Crippen LogP contribution in [-0.2, 0) is 9.53 Å². The van der Waals surface area contributed by atoms with Crippen LogP contribution in [0.4, 0.5) is 5.69 Å². The van der Waals surface area contributed by atoms with Gasteiger partial charge in [-0.2, -0.15) is 0 Å². The highest BCUT2D eigenvalue weighted by atomic mass is 16.5. The zero-order valence-electron chi connectivity index (χ0n) is 11.8. The summed E-state index contributed by atoms with van der Waals surface area (Å²) in [6, 6.07) is 6.54. The first kappa shape index (κ1) is 15.0. The van der Waals surface area contributed by atoms with Crippen LogP contribution < -0.4 is 5.32 Å². The first-order valence-electron chi connectivity index (χ1n) is 6.20. The van der Waals surface area contributed by atoms with Crippen molar-refractivity contribution >= 4 is 17.6 Å². The van der Waals surface area contributed by atoms with Crippen molar-refractivity contribution < 1.29 is 14.3 Å². The van der Waals surface area contributed by atoms with E-state index in [0.717, 1.165) is 5.69 Å². The Labute approximate surface area is 113 Å². The number of anilines is 1. The number of benzene rings is 1. The summed E-state index contributed by atoms with van der Waals surface area (Å²) in [5.74, 6) is -0.346. The average Bonchev–Trinajstić information content (AvgIpc) is 2.38. The maximum absolute atomic E-state index is 11.7. The van der Waals surface area contributed by atoms with Gasteiger partial charge >= 0.3 is 5.97 Å². The molecule has 104 valence electrons. The van der Waals surface area contributed by atoms with E-state index in [-0.39, 0.29) is 17.9 Å². The number of hydrogen-bond acceptors (Lipinski definition) is 4. The largest absolute Gasteiger partial charge is 0.462 e. The van der Waals surface area contributed by atoms with Gasteiger partial charge in [0.15, 0.2) is 0 Å². The zero-order valence-corrected chi connectivity index (χ0v) is 11.8. The van der Waals surface area contributed by atoms with E-state index < -0.39 is 0 Å². The monoisotopic (exact) mass is 264 g/mol. The van der Waals surface area contributed by atoms with E-state index in [9.17, 15) is 9.59 Å². The Morgan fingerprint density at radius 3 is 2.32 bits per heavy atom. The van der Waals surface area contributed by atoms with Crippen molar-refractivity contribution in [1.29, 1.82) is 0 Å². The highest BCUT2D eigenvalue weighted by molar-refractivity contribution is 5.90. The van der Waals surface area contributed by atoms with Gasteiger partial charge in [-0.15, -0.1) is 0 Å². The van der Waals surface area contributed by atoms with Crippen LogP contribution >= 0.6 is 0 Å². The number of amides is 1. The van der Waals surface area contributed by atoms with Crippen LogP contribution in [0.1, 0.15) is 24.2 Å². The molecule has 0 aliphatic rings. The SMILES string of the molecule is CCOC(=O)c1ccc(NC(C)C(=O)N(C)C)cc1. The van der Waals surface area contributed by atoms with Gasteiger partial charge < -0.3 is 15.0 Å². The van der Waals surface area contributed by atoms with E-state index in [2.05, 4.69) is 5.32 Å². The van der Waals surface area contributed by atoms with Crippen LogP contribution in [0, 0.1) is 0 Å². The minimum Gasteiger partial charge on any atom is -0.462 e. The number of likely N-dealkylation sites (N-methyl/N-ethyl adjacent to an activating group) is 1. The molecule has 1 aromatic carbocycles. The lowest BCUT2D eigenvalue weighted by Gasteiger charge is -2.19. The molecule has 0 aromatic heterocycles. The van der Waals surface area contributed by atoms with Gasteiger partial charge in [0.05, 0.1) is 12.2 Å². The molecule has 0 fully saturated rings. The highest BCUT2D eigenvalue weighted by Crippen LogP contribution is 2.12. The molecule has 1 N–H and O–H groups in total. The maximum atomic E-state index is 11.7. The zero-order chi connectivity index (χ0) is 14.4. The van der Waals surface area contributed by atoms with Gasteiger partial charge in [-0.3, -0.25) is 4.79 Å². The summed E-state index contributed by atoms with van der Waals surface area (Å²) in [6.45, 7) is 3.91. The molecule has 0 radical (unpaired) electrons. The highest BCUT2D eigenvalue weighted by Gasteiger charge is 2.14. The first-order valence-corrected chi connectivity index (χ1v) is 6.20. The van der Waals surface area contributed by atoms with Crippen molar-refractivity contribution in [2.75, 3.05) is 26.0 Å². The number of carbonyl (C=O) groups excluding carboxylic acids is 2. The van der Waals surface area contributed by atoms with Crippen molar-refractivity contribution in [3.63, 3.8) is 0 Å².